The highest BCUT2D eigenvalue weighted by Gasteiger charge is 2.39. The molecular weight excluding hydrogens is 200 g/mol. The Morgan fingerprint density at radius 3 is 2.12 bits per heavy atom. The van der Waals surface area contributed by atoms with Crippen LogP contribution in [-0.2, 0) is 0 Å². The predicted octanol–water partition coefficient (Wildman–Crippen LogP) is 0.969. The van der Waals surface area contributed by atoms with Gasteiger partial charge in [0.1, 0.15) is 0 Å². The fourth-order valence-electron chi connectivity index (χ4n) is 2.03. The quantitative estimate of drug-likeness (QED) is 0.629. The monoisotopic (exact) mass is 226 g/mol. The summed E-state index contributed by atoms with van der Waals surface area (Å²) in [4.78, 5) is 0. The van der Waals surface area contributed by atoms with Gasteiger partial charge in [-0.05, 0) is 39.7 Å². The van der Waals surface area contributed by atoms with Crippen molar-refractivity contribution in [3.8, 4) is 6.07 Å². The lowest BCUT2D eigenvalue weighted by atomic mass is 9.72. The van der Waals surface area contributed by atoms with Crippen LogP contribution in [0.5, 0.6) is 0 Å². The van der Waals surface area contributed by atoms with Crippen molar-refractivity contribution in [3.05, 3.63) is 0 Å². The molecule has 0 aromatic carbocycles. The van der Waals surface area contributed by atoms with Crippen molar-refractivity contribution >= 4 is 0 Å². The minimum atomic E-state index is -0.441. The summed E-state index contributed by atoms with van der Waals surface area (Å²) in [6, 6.07) is 2.07. The standard InChI is InChI=1S/C12H26N4/c1-6-12(15,11(3,4)14)7-9(2)10(8-13)16-5/h9-10,16H,6-7,14-15H2,1-5H3. The maximum absolute atomic E-state index is 8.98. The second kappa shape index (κ2) is 5.62. The summed E-state index contributed by atoms with van der Waals surface area (Å²) in [5.74, 6) is 0.183. The molecule has 94 valence electrons. The highest BCUT2D eigenvalue weighted by molar-refractivity contribution is 5.04. The van der Waals surface area contributed by atoms with Crippen molar-refractivity contribution in [2.75, 3.05) is 7.05 Å². The van der Waals surface area contributed by atoms with Gasteiger partial charge in [0.05, 0.1) is 12.1 Å². The van der Waals surface area contributed by atoms with Crippen LogP contribution in [0.1, 0.15) is 40.5 Å². The molecule has 0 aromatic heterocycles. The first kappa shape index (κ1) is 15.4. The van der Waals surface area contributed by atoms with E-state index >= 15 is 0 Å². The Morgan fingerprint density at radius 2 is 1.88 bits per heavy atom. The Labute approximate surface area is 99.4 Å². The molecule has 0 aliphatic carbocycles. The van der Waals surface area contributed by atoms with E-state index in [9.17, 15) is 0 Å². The van der Waals surface area contributed by atoms with Gasteiger partial charge in [-0.2, -0.15) is 5.26 Å². The molecule has 16 heavy (non-hydrogen) atoms. The third kappa shape index (κ3) is 3.44. The van der Waals surface area contributed by atoms with Gasteiger partial charge in [-0.3, -0.25) is 0 Å². The molecule has 0 aromatic rings. The summed E-state index contributed by atoms with van der Waals surface area (Å²) in [6.45, 7) is 7.98. The summed E-state index contributed by atoms with van der Waals surface area (Å²) < 4.78 is 0. The largest absolute Gasteiger partial charge is 0.324 e. The molecule has 0 spiro atoms. The third-order valence-electron chi connectivity index (χ3n) is 3.62. The second-order valence-corrected chi connectivity index (χ2v) is 5.31. The molecule has 0 aliphatic heterocycles. The zero-order valence-corrected chi connectivity index (χ0v) is 11.2. The van der Waals surface area contributed by atoms with Crippen LogP contribution >= 0.6 is 0 Å². The molecule has 0 saturated carbocycles. The number of hydrogen-bond acceptors (Lipinski definition) is 4. The van der Waals surface area contributed by atoms with Gasteiger partial charge in [-0.15, -0.1) is 0 Å². The van der Waals surface area contributed by atoms with Gasteiger partial charge in [0.25, 0.3) is 0 Å². The van der Waals surface area contributed by atoms with E-state index in [-0.39, 0.29) is 12.0 Å². The first-order valence-electron chi connectivity index (χ1n) is 5.86. The van der Waals surface area contributed by atoms with Crippen LogP contribution < -0.4 is 16.8 Å². The number of nitrogens with zero attached hydrogens (tertiary/aromatic N) is 1. The predicted molar refractivity (Wildman–Crippen MR) is 67.7 cm³/mol. The van der Waals surface area contributed by atoms with Crippen LogP contribution in [0.4, 0.5) is 0 Å². The second-order valence-electron chi connectivity index (χ2n) is 5.31. The summed E-state index contributed by atoms with van der Waals surface area (Å²) >= 11 is 0. The fourth-order valence-corrected chi connectivity index (χ4v) is 2.03. The van der Waals surface area contributed by atoms with Crippen molar-refractivity contribution in [2.45, 2.75) is 57.7 Å². The topological polar surface area (TPSA) is 87.9 Å². The molecule has 0 radical (unpaired) electrons. The highest BCUT2D eigenvalue weighted by atomic mass is 14.9. The smallest absolute Gasteiger partial charge is 0.0977 e. The fraction of sp³-hybridized carbons (Fsp3) is 0.917. The highest BCUT2D eigenvalue weighted by Crippen LogP contribution is 2.28. The molecule has 5 N–H and O–H groups in total. The Bertz CT molecular complexity index is 251. The van der Waals surface area contributed by atoms with Crippen LogP contribution in [0.25, 0.3) is 0 Å². The molecule has 0 aliphatic rings. The molecule has 3 atom stereocenters. The first-order valence-corrected chi connectivity index (χ1v) is 5.86. The van der Waals surface area contributed by atoms with Crippen molar-refractivity contribution in [2.24, 2.45) is 17.4 Å². The van der Waals surface area contributed by atoms with E-state index in [0.717, 1.165) is 12.8 Å². The van der Waals surface area contributed by atoms with E-state index < -0.39 is 11.1 Å². The molecule has 0 rings (SSSR count). The average Bonchev–Trinajstić information content (AvgIpc) is 2.17. The Hall–Kier alpha value is -0.630. The molecule has 4 heteroatoms. The maximum Gasteiger partial charge on any atom is 0.0977 e. The van der Waals surface area contributed by atoms with Crippen LogP contribution in [0.15, 0.2) is 0 Å². The van der Waals surface area contributed by atoms with Gasteiger partial charge >= 0.3 is 0 Å². The number of nitriles is 1. The average molecular weight is 226 g/mol. The third-order valence-corrected chi connectivity index (χ3v) is 3.62. The Kier molecular flexibility index (Phi) is 5.40. The minimum Gasteiger partial charge on any atom is -0.324 e. The summed E-state index contributed by atoms with van der Waals surface area (Å²) in [5.41, 5.74) is 11.6. The normalized spacial score (nSPS) is 19.6. The molecule has 0 bridgehead atoms. The lowest BCUT2D eigenvalue weighted by Crippen LogP contribution is -2.63. The minimum absolute atomic E-state index is 0.170. The van der Waals surface area contributed by atoms with E-state index in [0.29, 0.717) is 0 Å². The first-order chi connectivity index (χ1) is 7.21. The van der Waals surface area contributed by atoms with E-state index in [1.54, 1.807) is 7.05 Å². The van der Waals surface area contributed by atoms with Gasteiger partial charge in [0.2, 0.25) is 0 Å². The number of nitrogens with two attached hydrogens (primary N) is 2. The molecular formula is C12H26N4. The number of rotatable bonds is 6. The van der Waals surface area contributed by atoms with Gasteiger partial charge in [-0.25, -0.2) is 0 Å². The van der Waals surface area contributed by atoms with Gasteiger partial charge in [0.15, 0.2) is 0 Å². The molecule has 0 heterocycles. The van der Waals surface area contributed by atoms with Crippen LogP contribution in [0.2, 0.25) is 0 Å². The molecule has 0 saturated heterocycles. The van der Waals surface area contributed by atoms with E-state index in [1.165, 1.54) is 0 Å². The number of nitrogens with one attached hydrogen (secondary N) is 1. The molecule has 4 nitrogen and oxygen atoms in total. The van der Waals surface area contributed by atoms with E-state index in [4.69, 9.17) is 16.7 Å². The van der Waals surface area contributed by atoms with Crippen molar-refractivity contribution in [1.82, 2.24) is 5.32 Å². The van der Waals surface area contributed by atoms with Crippen LogP contribution in [0.3, 0.4) is 0 Å². The number of hydrogen-bond donors (Lipinski definition) is 3. The SMILES string of the molecule is CCC(N)(CC(C)C(C#N)NC)C(C)(C)N. The van der Waals surface area contributed by atoms with Gasteiger partial charge in [0, 0.05) is 11.1 Å². The molecule has 3 unspecified atom stereocenters. The van der Waals surface area contributed by atoms with Crippen LogP contribution in [-0.4, -0.2) is 24.2 Å². The zero-order chi connectivity index (χ0) is 13.0. The Balaban J connectivity index is 4.74. The summed E-state index contributed by atoms with van der Waals surface area (Å²) in [5, 5.41) is 12.0. The van der Waals surface area contributed by atoms with Crippen LogP contribution in [0, 0.1) is 17.2 Å². The van der Waals surface area contributed by atoms with E-state index in [1.807, 2.05) is 27.7 Å². The Morgan fingerprint density at radius 1 is 1.38 bits per heavy atom. The lowest BCUT2D eigenvalue weighted by Gasteiger charge is -2.43. The lowest BCUT2D eigenvalue weighted by molar-refractivity contribution is 0.195. The van der Waals surface area contributed by atoms with Crippen molar-refractivity contribution in [1.29, 1.82) is 5.26 Å². The summed E-state index contributed by atoms with van der Waals surface area (Å²) in [7, 11) is 1.79. The zero-order valence-electron chi connectivity index (χ0n) is 11.2. The molecule has 0 fully saturated rings. The van der Waals surface area contributed by atoms with E-state index in [2.05, 4.69) is 11.4 Å². The molecule has 0 amide bonds. The van der Waals surface area contributed by atoms with Gasteiger partial charge in [-0.1, -0.05) is 13.8 Å². The van der Waals surface area contributed by atoms with Gasteiger partial charge < -0.3 is 16.8 Å². The van der Waals surface area contributed by atoms with Crippen molar-refractivity contribution in [3.63, 3.8) is 0 Å². The maximum atomic E-state index is 8.98. The van der Waals surface area contributed by atoms with Crippen molar-refractivity contribution < 1.29 is 0 Å². The summed E-state index contributed by atoms with van der Waals surface area (Å²) in [6.07, 6.45) is 1.55.